The molecule has 1 heterocycles. The summed E-state index contributed by atoms with van der Waals surface area (Å²) in [6.07, 6.45) is -53.0. The van der Waals surface area contributed by atoms with Crippen LogP contribution in [0.5, 0.6) is 0 Å². The van der Waals surface area contributed by atoms with Crippen molar-refractivity contribution >= 4 is 50.4 Å². The maximum Gasteiger partial charge on any atom is 0.416 e. The van der Waals surface area contributed by atoms with Gasteiger partial charge in [-0.25, -0.2) is 0 Å². The van der Waals surface area contributed by atoms with Gasteiger partial charge in [0, 0.05) is 35.2 Å². The minimum Gasteiger partial charge on any atom is -0.287 e. The highest BCUT2D eigenvalue weighted by Crippen LogP contribution is 2.41. The van der Waals surface area contributed by atoms with E-state index in [0.29, 0.717) is 5.56 Å². The number of halogens is 24. The first-order chi connectivity index (χ1) is 35.9. The molecule has 0 fully saturated rings. The number of nitrogens with zero attached hydrogens (tertiary/aromatic N) is 2. The van der Waals surface area contributed by atoms with E-state index in [9.17, 15) is 120 Å². The third-order valence-corrected chi connectivity index (χ3v) is 11.9. The van der Waals surface area contributed by atoms with Crippen LogP contribution < -0.4 is 26.4 Å². The lowest BCUT2D eigenvalue weighted by Gasteiger charge is -2.46. The fourth-order valence-electron chi connectivity index (χ4n) is 8.47. The number of pyridine rings is 1. The molecule has 0 N–H and O–H groups in total. The molecular weight excluding hydrogens is 1130 g/mol. The summed E-state index contributed by atoms with van der Waals surface area (Å²) in [5.41, 5.74) is -29.0. The minimum absolute atomic E-state index is 0.0752. The summed E-state index contributed by atoms with van der Waals surface area (Å²) in [6.45, 7) is 0.141. The number of hydrogen-bond donors (Lipinski definition) is 0. The zero-order valence-corrected chi connectivity index (χ0v) is 38.3. The topological polar surface area (TPSA) is 64.1 Å². The molecule has 0 atom stereocenters. The third kappa shape index (κ3) is 13.5. The Kier molecular flexibility index (Phi) is 15.9. The zero-order chi connectivity index (χ0) is 59.4. The summed E-state index contributed by atoms with van der Waals surface area (Å²) >= 11 is 0. The number of fused-ring (bicyclic) bond motifs is 1. The van der Waals surface area contributed by atoms with Crippen LogP contribution in [0.15, 0.2) is 140 Å². The fourth-order valence-corrected chi connectivity index (χ4v) is 8.47. The molecule has 0 saturated carbocycles. The number of para-hydroxylation sites is 1. The Labute approximate surface area is 425 Å². The number of non-ortho nitro benzene ring substituents is 1. The van der Waals surface area contributed by atoms with E-state index in [4.69, 9.17) is 0 Å². The first-order valence-corrected chi connectivity index (χ1v) is 21.4. The second-order valence-electron chi connectivity index (χ2n) is 17.1. The molecule has 1 aromatic heterocycles. The molecule has 420 valence electrons. The van der Waals surface area contributed by atoms with Gasteiger partial charge in [-0.05, 0) is 36.4 Å². The van der Waals surface area contributed by atoms with E-state index in [1.807, 2.05) is 47.2 Å². The highest BCUT2D eigenvalue weighted by molar-refractivity contribution is 7.20. The van der Waals surface area contributed by atoms with Crippen LogP contribution in [0.3, 0.4) is 0 Å². The first kappa shape index (κ1) is 60.4. The Morgan fingerprint density at radius 1 is 0.392 bits per heavy atom. The Bertz CT molecular complexity index is 3000. The lowest BCUT2D eigenvalue weighted by Crippen LogP contribution is -2.75. The van der Waals surface area contributed by atoms with Gasteiger partial charge in [-0.15, -0.1) is 0 Å². The Morgan fingerprint density at radius 3 is 0.975 bits per heavy atom. The second kappa shape index (κ2) is 20.8. The van der Waals surface area contributed by atoms with E-state index >= 15 is 0 Å². The van der Waals surface area contributed by atoms with Crippen LogP contribution in [0.2, 0.25) is 0 Å². The molecule has 0 amide bonds. The molecule has 0 bridgehead atoms. The summed E-state index contributed by atoms with van der Waals surface area (Å²) in [5, 5.41) is 11.8. The quantitative estimate of drug-likeness (QED) is 0.0380. The van der Waals surface area contributed by atoms with Gasteiger partial charge in [0.15, 0.2) is 6.20 Å². The van der Waals surface area contributed by atoms with Crippen molar-refractivity contribution in [2.75, 3.05) is 0 Å². The lowest BCUT2D eigenvalue weighted by molar-refractivity contribution is -0.657. The van der Waals surface area contributed by atoms with Gasteiger partial charge < -0.3 is 0 Å². The predicted molar refractivity (Wildman–Crippen MR) is 232 cm³/mol. The average Bonchev–Trinajstić information content (AvgIpc) is 3.54. The van der Waals surface area contributed by atoms with E-state index in [1.54, 1.807) is 6.07 Å². The van der Waals surface area contributed by atoms with E-state index in [2.05, 4.69) is 0 Å². The molecule has 0 aliphatic heterocycles. The molecule has 0 aliphatic rings. The number of rotatable bonds is 8. The normalized spacial score (nSPS) is 13.3. The molecule has 0 radical (unpaired) electrons. The molecule has 30 heteroatoms. The van der Waals surface area contributed by atoms with Gasteiger partial charge in [0.2, 0.25) is 17.8 Å². The maximum atomic E-state index is 14.2. The summed E-state index contributed by atoms with van der Waals surface area (Å²) in [6, 6.07) is 8.63. The van der Waals surface area contributed by atoms with Crippen LogP contribution in [0.1, 0.15) is 54.9 Å². The SMILES string of the molecule is FC(F)(F)c1cc([B-](c2cc(C(F)(F)F)cc(C(F)(F)F)c2)(c2cc(C(F)(F)F)cc(C(F)(F)F)c2)c2cc(C(F)(F)F)cc(C(F)(F)F)c2)cc(C(F)(F)F)c1.O=C(C[n+]1cccc2ccccc21)c1cccc([N+](=O)[O-])c1. The van der Waals surface area contributed by atoms with Crippen LogP contribution in [-0.4, -0.2) is 16.9 Å². The number of Topliss-reactive ketones (excluding diaryl/α,β-unsaturated/α-hetero) is 1. The van der Waals surface area contributed by atoms with Crippen molar-refractivity contribution in [1.82, 2.24) is 0 Å². The van der Waals surface area contributed by atoms with Crippen LogP contribution in [0.4, 0.5) is 111 Å². The number of carbonyl (C=O) groups is 1. The number of nitro benzene ring substituents is 1. The van der Waals surface area contributed by atoms with E-state index in [-0.39, 0.29) is 18.0 Å². The van der Waals surface area contributed by atoms with Gasteiger partial charge in [-0.2, -0.15) is 132 Å². The average molecular weight is 1160 g/mol. The van der Waals surface area contributed by atoms with Gasteiger partial charge in [0.25, 0.3) is 5.69 Å². The summed E-state index contributed by atoms with van der Waals surface area (Å²) < 4.78 is 343. The molecule has 7 rings (SSSR count). The fraction of sp³-hybridized carbons (Fsp3) is 0.184. The van der Waals surface area contributed by atoms with Crippen LogP contribution in [0.25, 0.3) is 10.9 Å². The van der Waals surface area contributed by atoms with Crippen molar-refractivity contribution in [1.29, 1.82) is 0 Å². The smallest absolute Gasteiger partial charge is 0.287 e. The van der Waals surface area contributed by atoms with Gasteiger partial charge in [0.05, 0.1) is 49.4 Å². The Hall–Kier alpha value is -7.82. The number of benzene rings is 6. The van der Waals surface area contributed by atoms with Crippen LogP contribution >= 0.6 is 0 Å². The molecule has 0 spiro atoms. The van der Waals surface area contributed by atoms with E-state index in [1.165, 1.54) is 18.2 Å². The van der Waals surface area contributed by atoms with Crippen molar-refractivity contribution < 1.29 is 120 Å². The number of nitro groups is 1. The molecule has 0 aliphatic carbocycles. The molecule has 0 unspecified atom stereocenters. The number of alkyl halides is 24. The predicted octanol–water partition coefficient (Wildman–Crippen LogP) is 14.1. The highest BCUT2D eigenvalue weighted by atomic mass is 19.4. The van der Waals surface area contributed by atoms with Crippen LogP contribution in [0, 0.1) is 10.1 Å². The summed E-state index contributed by atoms with van der Waals surface area (Å²) in [5.74, 6) is -0.162. The summed E-state index contributed by atoms with van der Waals surface area (Å²) in [4.78, 5) is 22.7. The van der Waals surface area contributed by atoms with Crippen molar-refractivity contribution in [3.63, 3.8) is 0 Å². The Morgan fingerprint density at radius 2 is 0.684 bits per heavy atom. The van der Waals surface area contributed by atoms with Gasteiger partial charge in [0.1, 0.15) is 6.15 Å². The maximum absolute atomic E-state index is 14.2. The third-order valence-electron chi connectivity index (χ3n) is 11.9. The van der Waals surface area contributed by atoms with Crippen molar-refractivity contribution in [2.45, 2.75) is 56.0 Å². The van der Waals surface area contributed by atoms with Crippen LogP contribution in [-0.2, 0) is 56.0 Å². The number of carbonyl (C=O) groups excluding carboxylic acids is 1. The highest BCUT2D eigenvalue weighted by Gasteiger charge is 2.47. The van der Waals surface area contributed by atoms with Crippen molar-refractivity contribution in [3.8, 4) is 0 Å². The molecule has 7 aromatic rings. The van der Waals surface area contributed by atoms with Crippen molar-refractivity contribution in [2.24, 2.45) is 0 Å². The number of hydrogen-bond acceptors (Lipinski definition) is 3. The van der Waals surface area contributed by atoms with Gasteiger partial charge in [-0.1, -0.05) is 72.8 Å². The molecule has 0 saturated heterocycles. The zero-order valence-electron chi connectivity index (χ0n) is 38.3. The second-order valence-corrected chi connectivity index (χ2v) is 17.1. The van der Waals surface area contributed by atoms with Gasteiger partial charge in [-0.3, -0.25) is 14.9 Å². The lowest BCUT2D eigenvalue weighted by atomic mass is 9.12. The number of aromatic nitrogens is 1. The molecular formula is C49H25BF24N2O3. The Balaban J connectivity index is 0.000000378. The first-order valence-electron chi connectivity index (χ1n) is 21.4. The standard InChI is InChI=1S/C32H12BF24.C17H13N2O3/c34-25(35,36)13-1-14(26(37,38)39)6-21(5-13)33(22-7-15(27(40,41)42)2-16(8-22)28(43,44)45,23-9-17(29(46,47)48)3-18(10-23)30(49,50)51)24-11-19(31(52,53)54)4-20(12-24)32(55,56)57;20-17(14-6-3-8-15(11-14)19(21)22)12-18-10-4-7-13-5-1-2-9-16(13)18/h1-12H;1-11H,12H2/q-1;+1. The number of ketones is 1. The summed E-state index contributed by atoms with van der Waals surface area (Å²) in [7, 11) is 0. The molecule has 6 aromatic carbocycles. The molecule has 5 nitrogen and oxygen atoms in total. The van der Waals surface area contributed by atoms with Crippen molar-refractivity contribution in [3.05, 3.63) is 200 Å². The van der Waals surface area contributed by atoms with E-state index in [0.717, 1.165) is 10.9 Å². The monoisotopic (exact) mass is 1160 g/mol. The largest absolute Gasteiger partial charge is 0.416 e. The molecule has 79 heavy (non-hydrogen) atoms. The van der Waals surface area contributed by atoms with Gasteiger partial charge >= 0.3 is 49.4 Å². The minimum atomic E-state index is -6.13. The van der Waals surface area contributed by atoms with E-state index < -0.39 is 200 Å².